The summed E-state index contributed by atoms with van der Waals surface area (Å²) in [7, 11) is 1.90. The van der Waals surface area contributed by atoms with E-state index in [2.05, 4.69) is 11.4 Å². The number of hydrogen-bond acceptors (Lipinski definition) is 2. The molecule has 3 aromatic rings. The first kappa shape index (κ1) is 13.4. The van der Waals surface area contributed by atoms with Gasteiger partial charge in [0.15, 0.2) is 0 Å². The molecular formula is C18H18N2O. The topological polar surface area (TPSA) is 34.0 Å². The summed E-state index contributed by atoms with van der Waals surface area (Å²) >= 11 is 0. The maximum atomic E-state index is 12.7. The molecule has 3 rings (SSSR count). The standard InChI is InChI=1S/C18H18N2O/c1-3-20-17(15-10-6-7-11-16(15)19-2)12-13-8-4-5-9-14(13)18(20)21/h4-12,19H,3H2,1-2H3. The molecule has 3 heteroatoms. The molecule has 0 saturated carbocycles. The van der Waals surface area contributed by atoms with Gasteiger partial charge in [0, 0.05) is 30.2 Å². The molecule has 0 amide bonds. The molecule has 1 N–H and O–H groups in total. The highest BCUT2D eigenvalue weighted by Crippen LogP contribution is 2.28. The fraction of sp³-hybridized carbons (Fsp3) is 0.167. The molecule has 106 valence electrons. The molecule has 0 spiro atoms. The van der Waals surface area contributed by atoms with Gasteiger partial charge in [-0.2, -0.15) is 0 Å². The average molecular weight is 278 g/mol. The third-order valence-corrected chi connectivity index (χ3v) is 3.81. The molecule has 2 aromatic carbocycles. The first-order valence-corrected chi connectivity index (χ1v) is 7.16. The van der Waals surface area contributed by atoms with Crippen LogP contribution in [0.15, 0.2) is 59.4 Å². The first-order valence-electron chi connectivity index (χ1n) is 7.16. The van der Waals surface area contributed by atoms with Crippen LogP contribution in [0.2, 0.25) is 0 Å². The van der Waals surface area contributed by atoms with Crippen LogP contribution in [0, 0.1) is 0 Å². The molecular weight excluding hydrogens is 260 g/mol. The van der Waals surface area contributed by atoms with Crippen LogP contribution in [0.3, 0.4) is 0 Å². The van der Waals surface area contributed by atoms with E-state index < -0.39 is 0 Å². The van der Waals surface area contributed by atoms with Gasteiger partial charge in [0.1, 0.15) is 0 Å². The van der Waals surface area contributed by atoms with Crippen molar-refractivity contribution in [2.75, 3.05) is 12.4 Å². The summed E-state index contributed by atoms with van der Waals surface area (Å²) in [4.78, 5) is 12.7. The maximum Gasteiger partial charge on any atom is 0.258 e. The van der Waals surface area contributed by atoms with Crippen molar-refractivity contribution in [3.63, 3.8) is 0 Å². The second kappa shape index (κ2) is 5.44. The van der Waals surface area contributed by atoms with E-state index >= 15 is 0 Å². The lowest BCUT2D eigenvalue weighted by Gasteiger charge is -2.16. The summed E-state index contributed by atoms with van der Waals surface area (Å²) < 4.78 is 1.83. The van der Waals surface area contributed by atoms with Crippen molar-refractivity contribution in [2.45, 2.75) is 13.5 Å². The van der Waals surface area contributed by atoms with E-state index in [-0.39, 0.29) is 5.56 Å². The fourth-order valence-corrected chi connectivity index (χ4v) is 2.76. The van der Waals surface area contributed by atoms with Gasteiger partial charge in [-0.25, -0.2) is 0 Å². The molecule has 0 aliphatic carbocycles. The summed E-state index contributed by atoms with van der Waals surface area (Å²) in [6.45, 7) is 2.65. The molecule has 0 atom stereocenters. The van der Waals surface area contributed by atoms with Gasteiger partial charge in [-0.15, -0.1) is 0 Å². The summed E-state index contributed by atoms with van der Waals surface area (Å²) in [5.74, 6) is 0. The second-order valence-corrected chi connectivity index (χ2v) is 4.96. The quantitative estimate of drug-likeness (QED) is 0.792. The number of hydrogen-bond donors (Lipinski definition) is 1. The molecule has 3 nitrogen and oxygen atoms in total. The Labute approximate surface area is 123 Å². The Balaban J connectivity index is 2.39. The van der Waals surface area contributed by atoms with E-state index in [4.69, 9.17) is 0 Å². The molecule has 0 unspecified atom stereocenters. The zero-order valence-electron chi connectivity index (χ0n) is 12.3. The highest BCUT2D eigenvalue weighted by atomic mass is 16.1. The van der Waals surface area contributed by atoms with E-state index in [1.807, 2.05) is 67.1 Å². The number of anilines is 1. The Morgan fingerprint density at radius 3 is 2.52 bits per heavy atom. The van der Waals surface area contributed by atoms with Crippen molar-refractivity contribution in [1.29, 1.82) is 0 Å². The van der Waals surface area contributed by atoms with E-state index in [0.29, 0.717) is 6.54 Å². The number of benzene rings is 2. The number of nitrogens with one attached hydrogen (secondary N) is 1. The molecule has 21 heavy (non-hydrogen) atoms. The van der Waals surface area contributed by atoms with Crippen molar-refractivity contribution >= 4 is 16.5 Å². The van der Waals surface area contributed by atoms with Gasteiger partial charge in [-0.1, -0.05) is 36.4 Å². The lowest BCUT2D eigenvalue weighted by atomic mass is 10.0. The molecule has 0 saturated heterocycles. The lowest BCUT2D eigenvalue weighted by Crippen LogP contribution is -2.21. The normalized spacial score (nSPS) is 10.8. The second-order valence-electron chi connectivity index (χ2n) is 4.96. The average Bonchev–Trinajstić information content (AvgIpc) is 2.54. The van der Waals surface area contributed by atoms with Gasteiger partial charge >= 0.3 is 0 Å². The largest absolute Gasteiger partial charge is 0.388 e. The zero-order valence-corrected chi connectivity index (χ0v) is 12.3. The molecule has 0 aliphatic heterocycles. The summed E-state index contributed by atoms with van der Waals surface area (Å²) in [6.07, 6.45) is 0. The third kappa shape index (κ3) is 2.21. The van der Waals surface area contributed by atoms with Crippen LogP contribution in [0.1, 0.15) is 6.92 Å². The number of para-hydroxylation sites is 1. The van der Waals surface area contributed by atoms with Crippen LogP contribution >= 0.6 is 0 Å². The minimum Gasteiger partial charge on any atom is -0.388 e. The van der Waals surface area contributed by atoms with Crippen molar-refractivity contribution in [1.82, 2.24) is 4.57 Å². The van der Waals surface area contributed by atoms with Crippen molar-refractivity contribution in [2.24, 2.45) is 0 Å². The molecule has 0 fully saturated rings. The van der Waals surface area contributed by atoms with Gasteiger partial charge in [0.2, 0.25) is 0 Å². The minimum atomic E-state index is 0.0662. The van der Waals surface area contributed by atoms with Crippen LogP contribution in [-0.2, 0) is 6.54 Å². The number of aromatic nitrogens is 1. The molecule has 0 radical (unpaired) electrons. The van der Waals surface area contributed by atoms with E-state index in [9.17, 15) is 4.79 Å². The molecule has 0 aliphatic rings. The van der Waals surface area contributed by atoms with Gasteiger partial charge in [-0.05, 0) is 30.5 Å². The van der Waals surface area contributed by atoms with E-state index in [0.717, 1.165) is 27.7 Å². The third-order valence-electron chi connectivity index (χ3n) is 3.81. The number of rotatable bonds is 3. The Hall–Kier alpha value is -2.55. The Morgan fingerprint density at radius 1 is 1.05 bits per heavy atom. The molecule has 0 bridgehead atoms. The Bertz CT molecular complexity index is 849. The smallest absolute Gasteiger partial charge is 0.258 e. The highest BCUT2D eigenvalue weighted by molar-refractivity contribution is 5.87. The monoisotopic (exact) mass is 278 g/mol. The van der Waals surface area contributed by atoms with Crippen LogP contribution in [0.25, 0.3) is 22.0 Å². The summed E-state index contributed by atoms with van der Waals surface area (Å²) in [6, 6.07) is 17.9. The van der Waals surface area contributed by atoms with Gasteiger partial charge < -0.3 is 9.88 Å². The van der Waals surface area contributed by atoms with Crippen LogP contribution in [0.4, 0.5) is 5.69 Å². The van der Waals surface area contributed by atoms with Crippen LogP contribution in [-0.4, -0.2) is 11.6 Å². The zero-order chi connectivity index (χ0) is 14.8. The van der Waals surface area contributed by atoms with Crippen molar-refractivity contribution in [3.8, 4) is 11.3 Å². The predicted molar refractivity (Wildman–Crippen MR) is 88.9 cm³/mol. The molecule has 1 heterocycles. The lowest BCUT2D eigenvalue weighted by molar-refractivity contribution is 0.743. The molecule has 1 aromatic heterocycles. The van der Waals surface area contributed by atoms with Gasteiger partial charge in [0.25, 0.3) is 5.56 Å². The highest BCUT2D eigenvalue weighted by Gasteiger charge is 2.11. The Kier molecular flexibility index (Phi) is 3.48. The predicted octanol–water partition coefficient (Wildman–Crippen LogP) is 3.73. The van der Waals surface area contributed by atoms with E-state index in [1.54, 1.807) is 0 Å². The first-order chi connectivity index (χ1) is 10.3. The van der Waals surface area contributed by atoms with Gasteiger partial charge in [0.05, 0.1) is 5.69 Å². The summed E-state index contributed by atoms with van der Waals surface area (Å²) in [5, 5.41) is 4.95. The van der Waals surface area contributed by atoms with E-state index in [1.165, 1.54) is 0 Å². The van der Waals surface area contributed by atoms with Gasteiger partial charge in [-0.3, -0.25) is 4.79 Å². The fourth-order valence-electron chi connectivity index (χ4n) is 2.76. The Morgan fingerprint density at radius 2 is 1.76 bits per heavy atom. The minimum absolute atomic E-state index is 0.0662. The summed E-state index contributed by atoms with van der Waals surface area (Å²) in [5.41, 5.74) is 3.08. The maximum absolute atomic E-state index is 12.7. The van der Waals surface area contributed by atoms with Crippen LogP contribution in [0.5, 0.6) is 0 Å². The number of nitrogens with zero attached hydrogens (tertiary/aromatic N) is 1. The van der Waals surface area contributed by atoms with Crippen molar-refractivity contribution in [3.05, 3.63) is 65.0 Å². The number of fused-ring (bicyclic) bond motifs is 1. The van der Waals surface area contributed by atoms with Crippen molar-refractivity contribution < 1.29 is 0 Å². The SMILES string of the molecule is CCn1c(-c2ccccc2NC)cc2ccccc2c1=O. The van der Waals surface area contributed by atoms with Crippen LogP contribution < -0.4 is 10.9 Å². The number of pyridine rings is 1.